The van der Waals surface area contributed by atoms with Crippen LogP contribution in [0.1, 0.15) is 38.3 Å². The summed E-state index contributed by atoms with van der Waals surface area (Å²) in [6, 6.07) is 2.89. The molecule has 1 atom stereocenters. The van der Waals surface area contributed by atoms with E-state index in [1.807, 2.05) is 0 Å². The molecule has 1 aromatic heterocycles. The molecule has 2 aliphatic rings. The van der Waals surface area contributed by atoms with Gasteiger partial charge in [-0.25, -0.2) is 9.97 Å². The third-order valence-electron chi connectivity index (χ3n) is 4.47. The van der Waals surface area contributed by atoms with Gasteiger partial charge in [-0.3, -0.25) is 4.90 Å². The fourth-order valence-corrected chi connectivity index (χ4v) is 3.28. The molecule has 3 rings (SSSR count). The minimum atomic E-state index is 0.736. The molecule has 0 radical (unpaired) electrons. The van der Waals surface area contributed by atoms with E-state index in [-0.39, 0.29) is 0 Å². The van der Waals surface area contributed by atoms with Crippen molar-refractivity contribution in [3.8, 4) is 0 Å². The van der Waals surface area contributed by atoms with E-state index in [0.29, 0.717) is 0 Å². The zero-order valence-corrected chi connectivity index (χ0v) is 11.9. The number of hydrogen-bond acceptors (Lipinski definition) is 4. The molecule has 4 heteroatoms. The van der Waals surface area contributed by atoms with Crippen LogP contribution in [0.3, 0.4) is 0 Å². The standard InChI is InChI=1S/C15H24N4/c1-2-13-10-15(17-12-16-13)19-9-6-14(11-19)18-7-4-3-5-8-18/h10,12,14H,2-9,11H2,1H3. The fourth-order valence-electron chi connectivity index (χ4n) is 3.28. The van der Waals surface area contributed by atoms with E-state index in [0.717, 1.165) is 37.1 Å². The average molecular weight is 260 g/mol. The van der Waals surface area contributed by atoms with Crippen LogP contribution in [-0.2, 0) is 6.42 Å². The lowest BCUT2D eigenvalue weighted by atomic mass is 10.1. The minimum Gasteiger partial charge on any atom is -0.355 e. The van der Waals surface area contributed by atoms with Gasteiger partial charge in [0.2, 0.25) is 0 Å². The summed E-state index contributed by atoms with van der Waals surface area (Å²) < 4.78 is 0. The van der Waals surface area contributed by atoms with Gasteiger partial charge in [-0.1, -0.05) is 13.3 Å². The van der Waals surface area contributed by atoms with Gasteiger partial charge in [0.25, 0.3) is 0 Å². The van der Waals surface area contributed by atoms with Crippen molar-refractivity contribution in [2.45, 2.75) is 45.1 Å². The second-order valence-electron chi connectivity index (χ2n) is 5.71. The Morgan fingerprint density at radius 3 is 2.79 bits per heavy atom. The lowest BCUT2D eigenvalue weighted by Gasteiger charge is -2.32. The van der Waals surface area contributed by atoms with E-state index >= 15 is 0 Å². The molecule has 0 amide bonds. The van der Waals surface area contributed by atoms with Gasteiger partial charge in [-0.05, 0) is 38.8 Å². The summed E-state index contributed by atoms with van der Waals surface area (Å²) in [6.45, 7) is 7.01. The molecule has 0 aliphatic carbocycles. The number of piperidine rings is 1. The van der Waals surface area contributed by atoms with Crippen LogP contribution >= 0.6 is 0 Å². The summed E-state index contributed by atoms with van der Waals surface area (Å²) in [5.74, 6) is 1.12. The average Bonchev–Trinajstić information content (AvgIpc) is 2.98. The number of nitrogens with zero attached hydrogens (tertiary/aromatic N) is 4. The largest absolute Gasteiger partial charge is 0.355 e. The number of anilines is 1. The second-order valence-corrected chi connectivity index (χ2v) is 5.71. The van der Waals surface area contributed by atoms with Crippen molar-refractivity contribution in [3.05, 3.63) is 18.1 Å². The zero-order valence-electron chi connectivity index (χ0n) is 11.9. The highest BCUT2D eigenvalue weighted by atomic mass is 15.3. The SMILES string of the molecule is CCc1cc(N2CCC(N3CCCCC3)C2)ncn1. The Bertz CT molecular complexity index is 414. The van der Waals surface area contributed by atoms with Crippen LogP contribution in [0.25, 0.3) is 0 Å². The van der Waals surface area contributed by atoms with Crippen molar-refractivity contribution < 1.29 is 0 Å². The quantitative estimate of drug-likeness (QED) is 0.833. The van der Waals surface area contributed by atoms with Crippen molar-refractivity contribution in [3.63, 3.8) is 0 Å². The molecule has 0 N–H and O–H groups in total. The molecule has 0 saturated carbocycles. The van der Waals surface area contributed by atoms with Crippen LogP contribution in [0.4, 0.5) is 5.82 Å². The molecule has 0 aromatic carbocycles. The summed E-state index contributed by atoms with van der Waals surface area (Å²) in [6.07, 6.45) is 8.15. The van der Waals surface area contributed by atoms with Crippen molar-refractivity contribution in [1.29, 1.82) is 0 Å². The maximum absolute atomic E-state index is 4.45. The first-order valence-electron chi connectivity index (χ1n) is 7.66. The highest BCUT2D eigenvalue weighted by molar-refractivity contribution is 5.40. The minimum absolute atomic E-state index is 0.736. The molecule has 3 heterocycles. The topological polar surface area (TPSA) is 32.3 Å². The Hall–Kier alpha value is -1.16. The number of hydrogen-bond donors (Lipinski definition) is 0. The van der Waals surface area contributed by atoms with E-state index in [9.17, 15) is 0 Å². The van der Waals surface area contributed by atoms with Crippen molar-refractivity contribution >= 4 is 5.82 Å². The molecular weight excluding hydrogens is 236 g/mol. The molecule has 2 saturated heterocycles. The summed E-state index contributed by atoms with van der Waals surface area (Å²) in [5.41, 5.74) is 1.14. The molecule has 0 spiro atoms. The number of likely N-dealkylation sites (tertiary alicyclic amines) is 1. The first kappa shape index (κ1) is 12.9. The lowest BCUT2D eigenvalue weighted by molar-refractivity contribution is 0.175. The van der Waals surface area contributed by atoms with Gasteiger partial charge >= 0.3 is 0 Å². The Balaban J connectivity index is 1.64. The molecule has 1 unspecified atom stereocenters. The Labute approximate surface area is 115 Å². The van der Waals surface area contributed by atoms with E-state index in [2.05, 4.69) is 32.8 Å². The van der Waals surface area contributed by atoms with Gasteiger partial charge in [-0.2, -0.15) is 0 Å². The zero-order chi connectivity index (χ0) is 13.1. The predicted molar refractivity (Wildman–Crippen MR) is 77.5 cm³/mol. The van der Waals surface area contributed by atoms with E-state index in [1.54, 1.807) is 6.33 Å². The normalized spacial score (nSPS) is 24.9. The van der Waals surface area contributed by atoms with Gasteiger partial charge in [0.05, 0.1) is 0 Å². The van der Waals surface area contributed by atoms with E-state index in [1.165, 1.54) is 38.8 Å². The Morgan fingerprint density at radius 2 is 2.00 bits per heavy atom. The van der Waals surface area contributed by atoms with Gasteiger partial charge in [0.15, 0.2) is 0 Å². The van der Waals surface area contributed by atoms with E-state index in [4.69, 9.17) is 0 Å². The molecule has 4 nitrogen and oxygen atoms in total. The monoisotopic (exact) mass is 260 g/mol. The van der Waals surface area contributed by atoms with Crippen molar-refractivity contribution in [2.75, 3.05) is 31.1 Å². The van der Waals surface area contributed by atoms with Crippen LogP contribution in [0.15, 0.2) is 12.4 Å². The van der Waals surface area contributed by atoms with Crippen LogP contribution in [0, 0.1) is 0 Å². The molecular formula is C15H24N4. The highest BCUT2D eigenvalue weighted by Crippen LogP contribution is 2.23. The van der Waals surface area contributed by atoms with Crippen LogP contribution in [0.2, 0.25) is 0 Å². The molecule has 19 heavy (non-hydrogen) atoms. The maximum Gasteiger partial charge on any atom is 0.132 e. The van der Waals surface area contributed by atoms with E-state index < -0.39 is 0 Å². The van der Waals surface area contributed by atoms with Crippen LogP contribution in [-0.4, -0.2) is 47.1 Å². The molecule has 0 bridgehead atoms. The Kier molecular flexibility index (Phi) is 3.97. The van der Waals surface area contributed by atoms with Gasteiger partial charge in [-0.15, -0.1) is 0 Å². The highest BCUT2D eigenvalue weighted by Gasteiger charge is 2.29. The number of aryl methyl sites for hydroxylation is 1. The molecule has 104 valence electrons. The lowest BCUT2D eigenvalue weighted by Crippen LogP contribution is -2.40. The molecule has 1 aromatic rings. The first-order valence-corrected chi connectivity index (χ1v) is 7.66. The third kappa shape index (κ3) is 2.89. The summed E-state index contributed by atoms with van der Waals surface area (Å²) in [5, 5.41) is 0. The van der Waals surface area contributed by atoms with Gasteiger partial charge in [0, 0.05) is 30.9 Å². The molecule has 2 fully saturated rings. The smallest absolute Gasteiger partial charge is 0.132 e. The Morgan fingerprint density at radius 1 is 1.16 bits per heavy atom. The first-order chi connectivity index (χ1) is 9.36. The van der Waals surface area contributed by atoms with Crippen LogP contribution in [0.5, 0.6) is 0 Å². The number of aromatic nitrogens is 2. The van der Waals surface area contributed by atoms with Gasteiger partial charge < -0.3 is 4.90 Å². The predicted octanol–water partition coefficient (Wildman–Crippen LogP) is 2.10. The fraction of sp³-hybridized carbons (Fsp3) is 0.733. The van der Waals surface area contributed by atoms with Crippen LogP contribution < -0.4 is 4.90 Å². The number of rotatable bonds is 3. The maximum atomic E-state index is 4.45. The van der Waals surface area contributed by atoms with Crippen molar-refractivity contribution in [2.24, 2.45) is 0 Å². The summed E-state index contributed by atoms with van der Waals surface area (Å²) >= 11 is 0. The second kappa shape index (κ2) is 5.87. The summed E-state index contributed by atoms with van der Waals surface area (Å²) in [7, 11) is 0. The van der Waals surface area contributed by atoms with Gasteiger partial charge in [0.1, 0.15) is 12.1 Å². The van der Waals surface area contributed by atoms with Crippen molar-refractivity contribution in [1.82, 2.24) is 14.9 Å². The third-order valence-corrected chi connectivity index (χ3v) is 4.47. The summed E-state index contributed by atoms with van der Waals surface area (Å²) in [4.78, 5) is 13.9. The molecule has 2 aliphatic heterocycles.